The highest BCUT2D eigenvalue weighted by Gasteiger charge is 2.15. The molecule has 0 aliphatic rings. The van der Waals surface area contributed by atoms with Crippen molar-refractivity contribution in [3.05, 3.63) is 33.5 Å². The summed E-state index contributed by atoms with van der Waals surface area (Å²) in [6.07, 6.45) is 0.0387. The lowest BCUT2D eigenvalue weighted by Crippen LogP contribution is -2.08. The van der Waals surface area contributed by atoms with Gasteiger partial charge in [-0.15, -0.1) is 11.3 Å². The quantitative estimate of drug-likeness (QED) is 0.906. The first-order chi connectivity index (χ1) is 8.10. The zero-order chi connectivity index (χ0) is 12.4. The molecule has 1 atom stereocenters. The van der Waals surface area contributed by atoms with Gasteiger partial charge in [-0.3, -0.25) is 4.68 Å². The van der Waals surface area contributed by atoms with Gasteiger partial charge in [0.1, 0.15) is 11.1 Å². The van der Waals surface area contributed by atoms with E-state index in [0.717, 1.165) is 28.6 Å². The van der Waals surface area contributed by atoms with Crippen LogP contribution in [0.25, 0.3) is 0 Å². The lowest BCUT2D eigenvalue weighted by atomic mass is 10.2. The number of hydrogen-bond donors (Lipinski definition) is 1. The summed E-state index contributed by atoms with van der Waals surface area (Å²) in [6, 6.07) is 2.02. The third-order valence-corrected chi connectivity index (χ3v) is 3.67. The van der Waals surface area contributed by atoms with Crippen LogP contribution in [0, 0.1) is 13.8 Å². The molecule has 0 aliphatic carbocycles. The van der Waals surface area contributed by atoms with Crippen molar-refractivity contribution >= 4 is 11.3 Å². The Hall–Kier alpha value is -1.20. The minimum Gasteiger partial charge on any atom is -0.386 e. The van der Waals surface area contributed by atoms with Gasteiger partial charge in [0, 0.05) is 29.7 Å². The van der Waals surface area contributed by atoms with E-state index in [-0.39, 0.29) is 0 Å². The summed E-state index contributed by atoms with van der Waals surface area (Å²) in [5, 5.41) is 17.2. The molecule has 0 bridgehead atoms. The van der Waals surface area contributed by atoms with Gasteiger partial charge < -0.3 is 5.11 Å². The number of thiazole rings is 1. The van der Waals surface area contributed by atoms with E-state index in [9.17, 15) is 5.11 Å². The van der Waals surface area contributed by atoms with Crippen molar-refractivity contribution in [3.8, 4) is 0 Å². The van der Waals surface area contributed by atoms with E-state index >= 15 is 0 Å². The minimum absolute atomic E-state index is 0.532. The Bertz CT molecular complexity index is 504. The molecule has 2 aromatic heterocycles. The second-order valence-electron chi connectivity index (χ2n) is 4.14. The van der Waals surface area contributed by atoms with Gasteiger partial charge in [0.15, 0.2) is 0 Å². The van der Waals surface area contributed by atoms with E-state index in [2.05, 4.69) is 17.0 Å². The molecular formula is C12H17N3OS. The first-order valence-electron chi connectivity index (χ1n) is 5.73. The third kappa shape index (κ3) is 2.73. The zero-order valence-electron chi connectivity index (χ0n) is 10.3. The van der Waals surface area contributed by atoms with Crippen LogP contribution in [0.3, 0.4) is 0 Å². The number of hydrogen-bond acceptors (Lipinski definition) is 4. The number of rotatable bonds is 4. The van der Waals surface area contributed by atoms with Crippen molar-refractivity contribution in [1.29, 1.82) is 0 Å². The fourth-order valence-corrected chi connectivity index (χ4v) is 2.63. The first-order valence-corrected chi connectivity index (χ1v) is 6.61. The summed E-state index contributed by atoms with van der Waals surface area (Å²) in [5.41, 5.74) is 3.01. The molecule has 2 heterocycles. The van der Waals surface area contributed by atoms with Crippen LogP contribution in [0.2, 0.25) is 0 Å². The molecule has 2 rings (SSSR count). The molecule has 0 saturated carbocycles. The topological polar surface area (TPSA) is 50.9 Å². The van der Waals surface area contributed by atoms with Gasteiger partial charge in [0.2, 0.25) is 0 Å². The summed E-state index contributed by atoms with van der Waals surface area (Å²) >= 11 is 1.51. The Morgan fingerprint density at radius 3 is 2.76 bits per heavy atom. The standard InChI is InChI=1S/C12H17N3OS/c1-4-15-10(5-8(2)14-15)6-11(16)12-13-9(3)7-17-12/h5,7,11,16H,4,6H2,1-3H3. The number of aliphatic hydroxyl groups is 1. The molecule has 0 radical (unpaired) electrons. The molecule has 1 unspecified atom stereocenters. The maximum absolute atomic E-state index is 10.1. The highest BCUT2D eigenvalue weighted by molar-refractivity contribution is 7.09. The second kappa shape index (κ2) is 4.98. The maximum Gasteiger partial charge on any atom is 0.122 e. The molecule has 1 N–H and O–H groups in total. The Labute approximate surface area is 105 Å². The van der Waals surface area contributed by atoms with Gasteiger partial charge in [0.05, 0.1) is 5.69 Å². The molecule has 0 spiro atoms. The summed E-state index contributed by atoms with van der Waals surface area (Å²) in [6.45, 7) is 6.78. The summed E-state index contributed by atoms with van der Waals surface area (Å²) in [7, 11) is 0. The van der Waals surface area contributed by atoms with E-state index in [1.807, 2.05) is 30.0 Å². The van der Waals surface area contributed by atoms with Crippen molar-refractivity contribution in [1.82, 2.24) is 14.8 Å². The van der Waals surface area contributed by atoms with Gasteiger partial charge in [-0.05, 0) is 26.8 Å². The van der Waals surface area contributed by atoms with Crippen LogP contribution in [-0.4, -0.2) is 19.9 Å². The van der Waals surface area contributed by atoms with Crippen molar-refractivity contribution in [3.63, 3.8) is 0 Å². The van der Waals surface area contributed by atoms with E-state index in [4.69, 9.17) is 0 Å². The first kappa shape index (κ1) is 12.3. The molecule has 0 aromatic carbocycles. The van der Waals surface area contributed by atoms with Crippen molar-refractivity contribution in [2.45, 2.75) is 39.8 Å². The fourth-order valence-electron chi connectivity index (χ4n) is 1.85. The SMILES string of the molecule is CCn1nc(C)cc1CC(O)c1nc(C)cs1. The Morgan fingerprint density at radius 1 is 1.41 bits per heavy atom. The van der Waals surface area contributed by atoms with Gasteiger partial charge in [-0.1, -0.05) is 0 Å². The zero-order valence-corrected chi connectivity index (χ0v) is 11.2. The molecule has 17 heavy (non-hydrogen) atoms. The van der Waals surface area contributed by atoms with Gasteiger partial charge >= 0.3 is 0 Å². The number of aliphatic hydroxyl groups excluding tert-OH is 1. The van der Waals surface area contributed by atoms with E-state index < -0.39 is 6.10 Å². The Morgan fingerprint density at radius 2 is 2.18 bits per heavy atom. The molecule has 0 fully saturated rings. The lowest BCUT2D eigenvalue weighted by Gasteiger charge is -2.08. The van der Waals surface area contributed by atoms with E-state index in [0.29, 0.717) is 6.42 Å². The molecular weight excluding hydrogens is 234 g/mol. The monoisotopic (exact) mass is 251 g/mol. The Balaban J connectivity index is 2.14. The van der Waals surface area contributed by atoms with Crippen molar-refractivity contribution < 1.29 is 5.11 Å². The molecule has 0 saturated heterocycles. The fraction of sp³-hybridized carbons (Fsp3) is 0.500. The number of aryl methyl sites for hydroxylation is 3. The average Bonchev–Trinajstić information content (AvgIpc) is 2.85. The third-order valence-electron chi connectivity index (χ3n) is 2.61. The van der Waals surface area contributed by atoms with Crippen LogP contribution in [0.4, 0.5) is 0 Å². The van der Waals surface area contributed by atoms with Crippen LogP contribution in [0.1, 0.15) is 35.1 Å². The predicted octanol–water partition coefficient (Wildman–Crippen LogP) is 2.25. The van der Waals surface area contributed by atoms with Crippen molar-refractivity contribution in [2.24, 2.45) is 0 Å². The minimum atomic E-state index is -0.532. The summed E-state index contributed by atoms with van der Waals surface area (Å²) < 4.78 is 1.93. The predicted molar refractivity (Wildman–Crippen MR) is 68.2 cm³/mol. The maximum atomic E-state index is 10.1. The second-order valence-corrected chi connectivity index (χ2v) is 5.03. The molecule has 0 aliphatic heterocycles. The highest BCUT2D eigenvalue weighted by Crippen LogP contribution is 2.22. The van der Waals surface area contributed by atoms with Crippen LogP contribution in [0.15, 0.2) is 11.4 Å². The summed E-state index contributed by atoms with van der Waals surface area (Å²) in [4.78, 5) is 4.31. The van der Waals surface area contributed by atoms with Crippen LogP contribution < -0.4 is 0 Å². The number of aromatic nitrogens is 3. The normalized spacial score (nSPS) is 12.9. The van der Waals surface area contributed by atoms with Crippen molar-refractivity contribution in [2.75, 3.05) is 0 Å². The van der Waals surface area contributed by atoms with Crippen LogP contribution in [0.5, 0.6) is 0 Å². The van der Waals surface area contributed by atoms with Crippen LogP contribution >= 0.6 is 11.3 Å². The van der Waals surface area contributed by atoms with Gasteiger partial charge in [-0.2, -0.15) is 5.10 Å². The summed E-state index contributed by atoms with van der Waals surface area (Å²) in [5.74, 6) is 0. The molecule has 2 aromatic rings. The highest BCUT2D eigenvalue weighted by atomic mass is 32.1. The van der Waals surface area contributed by atoms with E-state index in [1.165, 1.54) is 11.3 Å². The Kier molecular flexibility index (Phi) is 3.59. The van der Waals surface area contributed by atoms with Gasteiger partial charge in [0.25, 0.3) is 0 Å². The lowest BCUT2D eigenvalue weighted by molar-refractivity contribution is 0.175. The molecule has 4 nitrogen and oxygen atoms in total. The number of nitrogens with zero attached hydrogens (tertiary/aromatic N) is 3. The average molecular weight is 251 g/mol. The largest absolute Gasteiger partial charge is 0.386 e. The molecule has 5 heteroatoms. The molecule has 92 valence electrons. The van der Waals surface area contributed by atoms with E-state index in [1.54, 1.807) is 0 Å². The van der Waals surface area contributed by atoms with Crippen LogP contribution in [-0.2, 0) is 13.0 Å². The molecule has 0 amide bonds. The smallest absolute Gasteiger partial charge is 0.122 e. The van der Waals surface area contributed by atoms with Gasteiger partial charge in [-0.25, -0.2) is 4.98 Å².